The van der Waals surface area contributed by atoms with E-state index in [4.69, 9.17) is 9.47 Å². The highest BCUT2D eigenvalue weighted by Gasteiger charge is 2.16. The van der Waals surface area contributed by atoms with Gasteiger partial charge in [-0.15, -0.1) is 0 Å². The minimum atomic E-state index is -0.361. The summed E-state index contributed by atoms with van der Waals surface area (Å²) in [6, 6.07) is 4.42. The predicted octanol–water partition coefficient (Wildman–Crippen LogP) is 2.21. The molecule has 0 amide bonds. The molecular formula is C21H26FN5O3. The maximum atomic E-state index is 13.9. The number of morpholine rings is 1. The molecule has 0 atom stereocenters. The van der Waals surface area contributed by atoms with Gasteiger partial charge in [0.15, 0.2) is 0 Å². The first-order valence-corrected chi connectivity index (χ1v) is 10.2. The van der Waals surface area contributed by atoms with Crippen LogP contribution in [0.5, 0.6) is 5.75 Å². The molecule has 0 radical (unpaired) electrons. The summed E-state index contributed by atoms with van der Waals surface area (Å²) in [5, 5.41) is 6.97. The van der Waals surface area contributed by atoms with Crippen LogP contribution in [-0.4, -0.2) is 64.5 Å². The third kappa shape index (κ3) is 4.52. The molecule has 0 saturated carbocycles. The summed E-state index contributed by atoms with van der Waals surface area (Å²) in [6.07, 6.45) is 0.249. The molecule has 3 heterocycles. The van der Waals surface area contributed by atoms with Gasteiger partial charge in [0, 0.05) is 31.6 Å². The third-order valence-corrected chi connectivity index (χ3v) is 5.20. The van der Waals surface area contributed by atoms with Crippen LogP contribution in [0.1, 0.15) is 36.8 Å². The molecule has 1 aliphatic heterocycles. The zero-order chi connectivity index (χ0) is 21.1. The molecule has 1 saturated heterocycles. The lowest BCUT2D eigenvalue weighted by molar-refractivity contribution is 0.0322. The molecule has 3 aromatic rings. The summed E-state index contributed by atoms with van der Waals surface area (Å²) in [5.41, 5.74) is 1.98. The minimum Gasteiger partial charge on any atom is -0.492 e. The summed E-state index contributed by atoms with van der Waals surface area (Å²) >= 11 is 0. The van der Waals surface area contributed by atoms with Crippen molar-refractivity contribution in [2.45, 2.75) is 26.2 Å². The highest BCUT2D eigenvalue weighted by atomic mass is 19.1. The fourth-order valence-corrected chi connectivity index (χ4v) is 3.58. The minimum absolute atomic E-state index is 0.120. The molecule has 4 rings (SSSR count). The Balaban J connectivity index is 1.54. The van der Waals surface area contributed by atoms with Crippen LogP contribution < -0.4 is 10.3 Å². The van der Waals surface area contributed by atoms with Crippen molar-refractivity contribution in [3.05, 3.63) is 51.5 Å². The SMILES string of the molecule is CC(C)c1n[nH]c2c(=O)[nH]c(Cc3cc(F)ccc3OCCN3CCOCC3)nc12. The first-order chi connectivity index (χ1) is 14.5. The molecule has 160 valence electrons. The van der Waals surface area contributed by atoms with Crippen LogP contribution in [0.2, 0.25) is 0 Å². The number of rotatable bonds is 7. The second-order valence-corrected chi connectivity index (χ2v) is 7.73. The van der Waals surface area contributed by atoms with Gasteiger partial charge in [0.2, 0.25) is 0 Å². The summed E-state index contributed by atoms with van der Waals surface area (Å²) in [7, 11) is 0. The van der Waals surface area contributed by atoms with E-state index in [9.17, 15) is 9.18 Å². The highest BCUT2D eigenvalue weighted by molar-refractivity contribution is 5.76. The molecule has 2 aromatic heterocycles. The van der Waals surface area contributed by atoms with Gasteiger partial charge in [-0.2, -0.15) is 5.10 Å². The molecule has 9 heteroatoms. The summed E-state index contributed by atoms with van der Waals surface area (Å²) < 4.78 is 25.2. The monoisotopic (exact) mass is 415 g/mol. The van der Waals surface area contributed by atoms with Crippen molar-refractivity contribution in [3.63, 3.8) is 0 Å². The Kier molecular flexibility index (Phi) is 6.10. The van der Waals surface area contributed by atoms with E-state index in [1.54, 1.807) is 6.07 Å². The van der Waals surface area contributed by atoms with Gasteiger partial charge in [-0.3, -0.25) is 14.8 Å². The average molecular weight is 415 g/mol. The van der Waals surface area contributed by atoms with E-state index < -0.39 is 0 Å². The van der Waals surface area contributed by atoms with Crippen molar-refractivity contribution in [2.75, 3.05) is 39.5 Å². The maximum Gasteiger partial charge on any atom is 0.276 e. The molecule has 30 heavy (non-hydrogen) atoms. The van der Waals surface area contributed by atoms with Gasteiger partial charge < -0.3 is 14.5 Å². The molecular weight excluding hydrogens is 389 g/mol. The first-order valence-electron chi connectivity index (χ1n) is 10.2. The molecule has 8 nitrogen and oxygen atoms in total. The molecule has 1 fully saturated rings. The lowest BCUT2D eigenvalue weighted by Gasteiger charge is -2.26. The molecule has 0 unspecified atom stereocenters. The van der Waals surface area contributed by atoms with Gasteiger partial charge in [0.05, 0.1) is 18.9 Å². The average Bonchev–Trinajstić information content (AvgIpc) is 3.15. The number of aromatic nitrogens is 4. The van der Waals surface area contributed by atoms with E-state index in [-0.39, 0.29) is 23.7 Å². The molecule has 1 aliphatic rings. The summed E-state index contributed by atoms with van der Waals surface area (Å²) in [6.45, 7) is 8.47. The lowest BCUT2D eigenvalue weighted by atomic mass is 10.1. The summed E-state index contributed by atoms with van der Waals surface area (Å²) in [5.74, 6) is 0.789. The number of hydrogen-bond acceptors (Lipinski definition) is 6. The van der Waals surface area contributed by atoms with Crippen LogP contribution in [0.15, 0.2) is 23.0 Å². The Morgan fingerprint density at radius 2 is 2.10 bits per heavy atom. The first kappa shape index (κ1) is 20.5. The van der Waals surface area contributed by atoms with Crippen LogP contribution >= 0.6 is 0 Å². The van der Waals surface area contributed by atoms with E-state index in [2.05, 4.69) is 25.1 Å². The lowest BCUT2D eigenvalue weighted by Crippen LogP contribution is -2.38. The standard InChI is InChI=1S/C21H26FN5O3/c1-13(2)18-19-20(26-25-18)21(28)24-17(23-19)12-14-11-15(22)3-4-16(14)30-10-7-27-5-8-29-9-6-27/h3-4,11,13H,5-10,12H2,1-2H3,(H,25,26)(H,23,24,28). The molecule has 2 N–H and O–H groups in total. The maximum absolute atomic E-state index is 13.9. The highest BCUT2D eigenvalue weighted by Crippen LogP contribution is 2.23. The smallest absolute Gasteiger partial charge is 0.276 e. The Morgan fingerprint density at radius 3 is 2.87 bits per heavy atom. The number of hydrogen-bond donors (Lipinski definition) is 2. The zero-order valence-corrected chi connectivity index (χ0v) is 17.2. The number of aromatic amines is 2. The number of nitrogens with one attached hydrogen (secondary N) is 2. The number of ether oxygens (including phenoxy) is 2. The third-order valence-electron chi connectivity index (χ3n) is 5.20. The number of H-pyrrole nitrogens is 2. The van der Waals surface area contributed by atoms with Gasteiger partial charge >= 0.3 is 0 Å². The van der Waals surface area contributed by atoms with Gasteiger partial charge in [0.25, 0.3) is 5.56 Å². The van der Waals surface area contributed by atoms with Crippen LogP contribution in [0, 0.1) is 5.82 Å². The van der Waals surface area contributed by atoms with Crippen molar-refractivity contribution in [1.82, 2.24) is 25.1 Å². The normalized spacial score (nSPS) is 15.2. The fourth-order valence-electron chi connectivity index (χ4n) is 3.58. The van der Waals surface area contributed by atoms with Crippen molar-refractivity contribution < 1.29 is 13.9 Å². The van der Waals surface area contributed by atoms with Crippen molar-refractivity contribution >= 4 is 11.0 Å². The fraction of sp³-hybridized carbons (Fsp3) is 0.476. The Morgan fingerprint density at radius 1 is 1.30 bits per heavy atom. The van der Waals surface area contributed by atoms with Gasteiger partial charge in [0.1, 0.15) is 35.0 Å². The van der Waals surface area contributed by atoms with E-state index in [1.165, 1.54) is 12.1 Å². The molecule has 0 spiro atoms. The summed E-state index contributed by atoms with van der Waals surface area (Å²) in [4.78, 5) is 22.1. The number of fused-ring (bicyclic) bond motifs is 1. The zero-order valence-electron chi connectivity index (χ0n) is 17.2. The number of benzene rings is 1. The van der Waals surface area contributed by atoms with Crippen LogP contribution in [0.4, 0.5) is 4.39 Å². The Bertz CT molecular complexity index is 1070. The van der Waals surface area contributed by atoms with Gasteiger partial charge in [-0.25, -0.2) is 9.37 Å². The van der Waals surface area contributed by atoms with Gasteiger partial charge in [-0.05, 0) is 24.1 Å². The van der Waals surface area contributed by atoms with E-state index in [0.717, 1.165) is 38.5 Å². The quantitative estimate of drug-likeness (QED) is 0.614. The van der Waals surface area contributed by atoms with Crippen molar-refractivity contribution in [3.8, 4) is 5.75 Å². The van der Waals surface area contributed by atoms with E-state index in [1.807, 2.05) is 13.8 Å². The second kappa shape index (κ2) is 8.93. The van der Waals surface area contributed by atoms with Crippen molar-refractivity contribution in [2.24, 2.45) is 0 Å². The molecule has 0 aliphatic carbocycles. The van der Waals surface area contributed by atoms with Crippen molar-refractivity contribution in [1.29, 1.82) is 0 Å². The second-order valence-electron chi connectivity index (χ2n) is 7.73. The van der Waals surface area contributed by atoms with Gasteiger partial charge in [-0.1, -0.05) is 13.8 Å². The van der Waals surface area contributed by atoms with Crippen LogP contribution in [0.25, 0.3) is 11.0 Å². The van der Waals surface area contributed by atoms with Crippen LogP contribution in [0.3, 0.4) is 0 Å². The largest absolute Gasteiger partial charge is 0.492 e. The number of nitrogens with zero attached hydrogens (tertiary/aromatic N) is 3. The number of halogens is 1. The molecule has 1 aromatic carbocycles. The Hall–Kier alpha value is -2.78. The van der Waals surface area contributed by atoms with Crippen LogP contribution in [-0.2, 0) is 11.2 Å². The van der Waals surface area contributed by atoms with E-state index >= 15 is 0 Å². The molecule has 0 bridgehead atoms. The predicted molar refractivity (Wildman–Crippen MR) is 111 cm³/mol. The topological polar surface area (TPSA) is 96.1 Å². The van der Waals surface area contributed by atoms with E-state index in [0.29, 0.717) is 34.8 Å². The Labute approximate surface area is 173 Å².